The predicted octanol–water partition coefficient (Wildman–Crippen LogP) is 2.73. The van der Waals surface area contributed by atoms with E-state index in [4.69, 9.17) is 9.84 Å². The largest absolute Gasteiger partial charge is 0.496 e. The first-order chi connectivity index (χ1) is 9.70. The number of ether oxygens (including phenoxy) is 1. The van der Waals surface area contributed by atoms with Crippen LogP contribution >= 0.6 is 0 Å². The third-order valence-electron chi connectivity index (χ3n) is 3.14. The van der Waals surface area contributed by atoms with Crippen LogP contribution in [0, 0.1) is 0 Å². The second kappa shape index (κ2) is 4.70. The van der Waals surface area contributed by atoms with Crippen LogP contribution in [0.2, 0.25) is 0 Å². The standard InChI is InChI=1S/C15H12N2O3/c1-20-14-8-11(6-7-12(14)15(18)19)17-13-5-3-2-4-10(13)9-16-17/h2-9H,1H3,(H,18,19). The Labute approximate surface area is 115 Å². The Morgan fingerprint density at radius 1 is 1.25 bits per heavy atom. The summed E-state index contributed by atoms with van der Waals surface area (Å²) in [5.41, 5.74) is 1.85. The fourth-order valence-electron chi connectivity index (χ4n) is 2.17. The fourth-order valence-corrected chi connectivity index (χ4v) is 2.17. The van der Waals surface area contributed by atoms with E-state index in [1.165, 1.54) is 13.2 Å². The van der Waals surface area contributed by atoms with Crippen LogP contribution in [0.15, 0.2) is 48.7 Å². The number of carboxylic acids is 1. The van der Waals surface area contributed by atoms with Gasteiger partial charge in [0.2, 0.25) is 0 Å². The quantitative estimate of drug-likeness (QED) is 0.793. The second-order valence-corrected chi connectivity index (χ2v) is 4.30. The van der Waals surface area contributed by atoms with Crippen LogP contribution in [-0.4, -0.2) is 28.0 Å². The zero-order valence-corrected chi connectivity index (χ0v) is 10.8. The first-order valence-corrected chi connectivity index (χ1v) is 6.05. The smallest absolute Gasteiger partial charge is 0.339 e. The van der Waals surface area contributed by atoms with Crippen molar-refractivity contribution in [2.24, 2.45) is 0 Å². The summed E-state index contributed by atoms with van der Waals surface area (Å²) in [5, 5.41) is 14.4. The molecular weight excluding hydrogens is 256 g/mol. The van der Waals surface area contributed by atoms with Gasteiger partial charge in [-0.2, -0.15) is 5.10 Å². The SMILES string of the molecule is COc1cc(-n2ncc3ccccc32)ccc1C(=O)O. The van der Waals surface area contributed by atoms with Gasteiger partial charge in [-0.05, 0) is 18.2 Å². The van der Waals surface area contributed by atoms with Crippen LogP contribution < -0.4 is 4.74 Å². The first kappa shape index (κ1) is 12.2. The number of para-hydroxylation sites is 1. The monoisotopic (exact) mass is 268 g/mol. The predicted molar refractivity (Wildman–Crippen MR) is 74.6 cm³/mol. The van der Waals surface area contributed by atoms with Gasteiger partial charge >= 0.3 is 5.97 Å². The molecule has 0 spiro atoms. The van der Waals surface area contributed by atoms with Crippen molar-refractivity contribution in [1.29, 1.82) is 0 Å². The van der Waals surface area contributed by atoms with Crippen LogP contribution in [-0.2, 0) is 0 Å². The highest BCUT2D eigenvalue weighted by Crippen LogP contribution is 2.24. The maximum absolute atomic E-state index is 11.1. The molecule has 100 valence electrons. The summed E-state index contributed by atoms with van der Waals surface area (Å²) in [6.07, 6.45) is 1.77. The van der Waals surface area contributed by atoms with Crippen LogP contribution in [0.3, 0.4) is 0 Å². The molecule has 0 atom stereocenters. The molecule has 0 aliphatic heterocycles. The van der Waals surface area contributed by atoms with E-state index < -0.39 is 5.97 Å². The minimum absolute atomic E-state index is 0.132. The summed E-state index contributed by atoms with van der Waals surface area (Å²) in [4.78, 5) is 11.1. The molecule has 0 bridgehead atoms. The minimum Gasteiger partial charge on any atom is -0.496 e. The molecule has 3 rings (SSSR count). The number of carbonyl (C=O) groups is 1. The van der Waals surface area contributed by atoms with Crippen LogP contribution in [0.5, 0.6) is 5.75 Å². The molecule has 5 nitrogen and oxygen atoms in total. The Hall–Kier alpha value is -2.82. The van der Waals surface area contributed by atoms with Crippen molar-refractivity contribution in [1.82, 2.24) is 9.78 Å². The highest BCUT2D eigenvalue weighted by atomic mass is 16.5. The van der Waals surface area contributed by atoms with E-state index in [1.807, 2.05) is 24.3 Å². The molecule has 1 N–H and O–H groups in total. The van der Waals surface area contributed by atoms with Crippen molar-refractivity contribution in [3.8, 4) is 11.4 Å². The van der Waals surface area contributed by atoms with Crippen molar-refractivity contribution in [3.63, 3.8) is 0 Å². The Kier molecular flexibility index (Phi) is 2.87. The van der Waals surface area contributed by atoms with Crippen molar-refractivity contribution in [3.05, 3.63) is 54.2 Å². The molecule has 0 aliphatic carbocycles. The second-order valence-electron chi connectivity index (χ2n) is 4.30. The maximum Gasteiger partial charge on any atom is 0.339 e. The Balaban J connectivity index is 2.17. The third-order valence-corrected chi connectivity index (χ3v) is 3.14. The number of hydrogen-bond acceptors (Lipinski definition) is 3. The van der Waals surface area contributed by atoms with Gasteiger partial charge in [-0.15, -0.1) is 0 Å². The van der Waals surface area contributed by atoms with Crippen molar-refractivity contribution in [2.75, 3.05) is 7.11 Å². The highest BCUT2D eigenvalue weighted by Gasteiger charge is 2.13. The average molecular weight is 268 g/mol. The van der Waals surface area contributed by atoms with Gasteiger partial charge in [-0.3, -0.25) is 0 Å². The van der Waals surface area contributed by atoms with E-state index in [-0.39, 0.29) is 5.56 Å². The molecule has 1 aromatic heterocycles. The van der Waals surface area contributed by atoms with E-state index in [9.17, 15) is 4.79 Å². The lowest BCUT2D eigenvalue weighted by Gasteiger charge is -2.08. The zero-order chi connectivity index (χ0) is 14.1. The van der Waals surface area contributed by atoms with Gasteiger partial charge in [0, 0.05) is 11.5 Å². The fraction of sp³-hybridized carbons (Fsp3) is 0.0667. The van der Waals surface area contributed by atoms with Gasteiger partial charge in [0.15, 0.2) is 0 Å². The summed E-state index contributed by atoms with van der Waals surface area (Å²) in [6, 6.07) is 12.7. The summed E-state index contributed by atoms with van der Waals surface area (Å²) in [7, 11) is 1.45. The number of aromatic carboxylic acids is 1. The number of methoxy groups -OCH3 is 1. The molecule has 0 fully saturated rings. The number of fused-ring (bicyclic) bond motifs is 1. The number of nitrogens with zero attached hydrogens (tertiary/aromatic N) is 2. The number of benzene rings is 2. The normalized spacial score (nSPS) is 10.7. The number of hydrogen-bond donors (Lipinski definition) is 1. The molecule has 0 amide bonds. The number of carboxylic acid groups (broad SMARTS) is 1. The van der Waals surface area contributed by atoms with E-state index in [1.54, 1.807) is 23.0 Å². The zero-order valence-electron chi connectivity index (χ0n) is 10.8. The number of aromatic nitrogens is 2. The van der Waals surface area contributed by atoms with E-state index in [0.717, 1.165) is 16.6 Å². The Morgan fingerprint density at radius 2 is 2.05 bits per heavy atom. The molecule has 2 aromatic carbocycles. The van der Waals surface area contributed by atoms with Gasteiger partial charge in [0.1, 0.15) is 11.3 Å². The summed E-state index contributed by atoms with van der Waals surface area (Å²) < 4.78 is 6.89. The average Bonchev–Trinajstić information content (AvgIpc) is 2.90. The van der Waals surface area contributed by atoms with E-state index in [2.05, 4.69) is 5.10 Å². The lowest BCUT2D eigenvalue weighted by atomic mass is 10.2. The minimum atomic E-state index is -1.02. The molecule has 1 heterocycles. The molecule has 0 unspecified atom stereocenters. The number of rotatable bonds is 3. The molecule has 3 aromatic rings. The molecule has 5 heteroatoms. The van der Waals surface area contributed by atoms with Crippen LogP contribution in [0.4, 0.5) is 0 Å². The molecule has 0 radical (unpaired) electrons. The molecular formula is C15H12N2O3. The third kappa shape index (κ3) is 1.89. The topological polar surface area (TPSA) is 64.4 Å². The van der Waals surface area contributed by atoms with Gasteiger partial charge in [-0.1, -0.05) is 18.2 Å². The maximum atomic E-state index is 11.1. The van der Waals surface area contributed by atoms with Crippen LogP contribution in [0.25, 0.3) is 16.6 Å². The highest BCUT2D eigenvalue weighted by molar-refractivity contribution is 5.91. The van der Waals surface area contributed by atoms with Crippen molar-refractivity contribution < 1.29 is 14.6 Å². The van der Waals surface area contributed by atoms with Gasteiger partial charge in [0.05, 0.1) is 24.5 Å². The lowest BCUT2D eigenvalue weighted by molar-refractivity contribution is 0.0693. The van der Waals surface area contributed by atoms with Gasteiger partial charge in [0.25, 0.3) is 0 Å². The van der Waals surface area contributed by atoms with Crippen molar-refractivity contribution >= 4 is 16.9 Å². The molecule has 0 saturated carbocycles. The Bertz CT molecular complexity index is 793. The molecule has 0 aliphatic rings. The van der Waals surface area contributed by atoms with E-state index in [0.29, 0.717) is 5.75 Å². The molecule has 0 saturated heterocycles. The van der Waals surface area contributed by atoms with E-state index >= 15 is 0 Å². The summed E-state index contributed by atoms with van der Waals surface area (Å²) in [6.45, 7) is 0. The van der Waals surface area contributed by atoms with Gasteiger partial charge in [-0.25, -0.2) is 9.48 Å². The molecule has 20 heavy (non-hydrogen) atoms. The van der Waals surface area contributed by atoms with Crippen molar-refractivity contribution in [2.45, 2.75) is 0 Å². The summed E-state index contributed by atoms with van der Waals surface area (Å²) >= 11 is 0. The lowest BCUT2D eigenvalue weighted by Crippen LogP contribution is -2.03. The first-order valence-electron chi connectivity index (χ1n) is 6.05. The summed E-state index contributed by atoms with van der Waals surface area (Å²) in [5.74, 6) is -0.701. The Morgan fingerprint density at radius 3 is 2.80 bits per heavy atom. The van der Waals surface area contributed by atoms with Crippen LogP contribution in [0.1, 0.15) is 10.4 Å². The van der Waals surface area contributed by atoms with Gasteiger partial charge < -0.3 is 9.84 Å².